The van der Waals surface area contributed by atoms with Gasteiger partial charge in [0.1, 0.15) is 5.82 Å². The minimum atomic E-state index is 0.867. The second kappa shape index (κ2) is 6.44. The second-order valence-corrected chi connectivity index (χ2v) is 7.89. The van der Waals surface area contributed by atoms with Crippen molar-refractivity contribution in [1.29, 1.82) is 0 Å². The van der Waals surface area contributed by atoms with Gasteiger partial charge in [0.05, 0.1) is 12.6 Å². The minimum Gasteiger partial charge on any atom is -0.314 e. The predicted molar refractivity (Wildman–Crippen MR) is 89.4 cm³/mol. The van der Waals surface area contributed by atoms with Crippen molar-refractivity contribution >= 4 is 12.2 Å². The van der Waals surface area contributed by atoms with Crippen molar-refractivity contribution in [2.24, 2.45) is 5.92 Å². The minimum absolute atomic E-state index is 0.867. The molecule has 1 saturated heterocycles. The van der Waals surface area contributed by atoms with E-state index in [9.17, 15) is 0 Å². The highest BCUT2D eigenvalue weighted by Gasteiger charge is 2.36. The molecule has 4 nitrogen and oxygen atoms in total. The van der Waals surface area contributed by atoms with E-state index in [1.807, 2.05) is 0 Å². The highest BCUT2D eigenvalue weighted by Crippen LogP contribution is 2.28. The fourth-order valence-electron chi connectivity index (χ4n) is 4.98. The van der Waals surface area contributed by atoms with Gasteiger partial charge in [-0.3, -0.25) is 0 Å². The summed E-state index contributed by atoms with van der Waals surface area (Å²) in [5, 5.41) is 4.90. The van der Waals surface area contributed by atoms with E-state index >= 15 is 0 Å². The number of rotatable bonds is 2. The van der Waals surface area contributed by atoms with Gasteiger partial charge in [0.15, 0.2) is 6.67 Å². The summed E-state index contributed by atoms with van der Waals surface area (Å²) in [5.74, 6) is 2.20. The Morgan fingerprint density at radius 3 is 2.86 bits per heavy atom. The van der Waals surface area contributed by atoms with Crippen LogP contribution in [0.5, 0.6) is 0 Å². The summed E-state index contributed by atoms with van der Waals surface area (Å²) in [6.45, 7) is 3.39. The maximum atomic E-state index is 5.74. The van der Waals surface area contributed by atoms with Crippen LogP contribution >= 0.6 is 12.2 Å². The van der Waals surface area contributed by atoms with E-state index in [1.165, 1.54) is 70.2 Å². The molecule has 122 valence electrons. The lowest BCUT2D eigenvalue weighted by Crippen LogP contribution is -3.17. The van der Waals surface area contributed by atoms with Gasteiger partial charge in [-0.05, 0) is 57.2 Å². The van der Waals surface area contributed by atoms with Gasteiger partial charge < -0.3 is 9.47 Å². The van der Waals surface area contributed by atoms with Crippen LogP contribution in [0.1, 0.15) is 63.6 Å². The fourth-order valence-corrected chi connectivity index (χ4v) is 5.29. The molecule has 0 aromatic carbocycles. The summed E-state index contributed by atoms with van der Waals surface area (Å²) in [4.78, 5) is 1.75. The Balaban J connectivity index is 1.54. The van der Waals surface area contributed by atoms with Crippen LogP contribution in [-0.2, 0) is 19.6 Å². The van der Waals surface area contributed by atoms with Crippen molar-refractivity contribution in [2.45, 2.75) is 83.5 Å². The molecule has 0 spiro atoms. The third kappa shape index (κ3) is 2.78. The summed E-state index contributed by atoms with van der Waals surface area (Å²) in [6, 6.07) is 0.867. The van der Waals surface area contributed by atoms with E-state index in [4.69, 9.17) is 17.3 Å². The van der Waals surface area contributed by atoms with Crippen molar-refractivity contribution in [3.63, 3.8) is 0 Å². The number of quaternary nitrogens is 1. The van der Waals surface area contributed by atoms with Crippen LogP contribution in [0.4, 0.5) is 0 Å². The lowest BCUT2D eigenvalue weighted by Gasteiger charge is -2.40. The van der Waals surface area contributed by atoms with Crippen molar-refractivity contribution in [3.05, 3.63) is 10.6 Å². The lowest BCUT2D eigenvalue weighted by molar-refractivity contribution is -0.958. The number of piperidine rings is 1. The van der Waals surface area contributed by atoms with Crippen LogP contribution in [0.25, 0.3) is 0 Å². The van der Waals surface area contributed by atoms with Gasteiger partial charge in [0.25, 0.3) is 0 Å². The number of hydrogen-bond donors (Lipinski definition) is 1. The Labute approximate surface area is 138 Å². The molecule has 5 heteroatoms. The quantitative estimate of drug-likeness (QED) is 0.847. The van der Waals surface area contributed by atoms with Gasteiger partial charge >= 0.3 is 0 Å². The third-order valence-electron chi connectivity index (χ3n) is 6.14. The number of nitrogens with one attached hydrogen (secondary N) is 1. The largest absolute Gasteiger partial charge is 0.314 e. The topological polar surface area (TPSA) is 27.2 Å². The van der Waals surface area contributed by atoms with E-state index in [0.29, 0.717) is 0 Å². The Hall–Kier alpha value is -0.680. The second-order valence-electron chi connectivity index (χ2n) is 7.52. The molecule has 3 atom stereocenters. The van der Waals surface area contributed by atoms with Crippen LogP contribution in [-0.4, -0.2) is 26.9 Å². The van der Waals surface area contributed by atoms with Crippen molar-refractivity contribution in [2.75, 3.05) is 6.54 Å². The van der Waals surface area contributed by atoms with Gasteiger partial charge in [0, 0.05) is 18.9 Å². The molecular weight excluding hydrogens is 292 g/mol. The van der Waals surface area contributed by atoms with Crippen LogP contribution in [0, 0.1) is 10.7 Å². The first kappa shape index (κ1) is 14.9. The summed E-state index contributed by atoms with van der Waals surface area (Å²) in [7, 11) is 0. The smallest absolute Gasteiger partial charge is 0.202 e. The van der Waals surface area contributed by atoms with Gasteiger partial charge in [-0.1, -0.05) is 12.8 Å². The summed E-state index contributed by atoms with van der Waals surface area (Å²) < 4.78 is 5.44. The van der Waals surface area contributed by atoms with Crippen molar-refractivity contribution in [3.8, 4) is 0 Å². The molecule has 4 rings (SSSR count). The number of fused-ring (bicyclic) bond motifs is 2. The summed E-state index contributed by atoms with van der Waals surface area (Å²) >= 11 is 5.74. The Kier molecular flexibility index (Phi) is 4.36. The van der Waals surface area contributed by atoms with Crippen LogP contribution < -0.4 is 4.90 Å². The molecule has 1 unspecified atom stereocenters. The monoisotopic (exact) mass is 321 g/mol. The molecule has 1 aromatic rings. The molecule has 22 heavy (non-hydrogen) atoms. The lowest BCUT2D eigenvalue weighted by atomic mass is 9.78. The molecule has 0 radical (unpaired) electrons. The van der Waals surface area contributed by atoms with Crippen molar-refractivity contribution in [1.82, 2.24) is 14.3 Å². The van der Waals surface area contributed by atoms with E-state index in [2.05, 4.69) is 9.25 Å². The van der Waals surface area contributed by atoms with Gasteiger partial charge in [-0.25, -0.2) is 0 Å². The van der Waals surface area contributed by atoms with Gasteiger partial charge in [0.2, 0.25) is 4.77 Å². The summed E-state index contributed by atoms with van der Waals surface area (Å²) in [5.41, 5.74) is 0. The predicted octanol–water partition coefficient (Wildman–Crippen LogP) is 2.34. The van der Waals surface area contributed by atoms with Crippen LogP contribution in [0.2, 0.25) is 0 Å². The van der Waals surface area contributed by atoms with E-state index in [0.717, 1.165) is 36.4 Å². The highest BCUT2D eigenvalue weighted by atomic mass is 32.1. The zero-order chi connectivity index (χ0) is 14.9. The highest BCUT2D eigenvalue weighted by molar-refractivity contribution is 7.71. The average molecular weight is 322 g/mol. The summed E-state index contributed by atoms with van der Waals surface area (Å²) in [6.07, 6.45) is 13.6. The number of nitrogens with zero attached hydrogens (tertiary/aromatic N) is 3. The maximum Gasteiger partial charge on any atom is 0.202 e. The molecule has 1 aromatic heterocycles. The normalized spacial score (nSPS) is 32.1. The number of likely N-dealkylation sites (tertiary alicyclic amines) is 1. The molecular formula is C17H29N4S+. The van der Waals surface area contributed by atoms with Gasteiger partial charge in [-0.2, -0.15) is 9.78 Å². The zero-order valence-corrected chi connectivity index (χ0v) is 14.4. The molecule has 3 aliphatic rings. The van der Waals surface area contributed by atoms with E-state index in [1.54, 1.807) is 4.90 Å². The first-order chi connectivity index (χ1) is 10.8. The SMILES string of the molecule is S=c1n(C[NH+]2CCC[C@@H]3CCCC[C@@H]32)nc2n1CCCCC2. The molecule has 1 N–H and O–H groups in total. The standard InChI is InChI=1S/C17H28N4S/c22-17-20-12-5-1-2-10-16(20)18-21(17)13-19-11-6-8-14-7-3-4-9-15(14)19/h14-15H,1-13H2/p+1/t14-,15-/m0/s1. The Morgan fingerprint density at radius 2 is 1.91 bits per heavy atom. The molecule has 1 aliphatic carbocycles. The number of hydrogen-bond acceptors (Lipinski definition) is 2. The fraction of sp³-hybridized carbons (Fsp3) is 0.882. The molecule has 0 amide bonds. The Bertz CT molecular complexity index is 574. The number of aryl methyl sites for hydroxylation is 1. The van der Waals surface area contributed by atoms with Crippen LogP contribution in [0.3, 0.4) is 0 Å². The molecule has 1 saturated carbocycles. The maximum absolute atomic E-state index is 5.74. The van der Waals surface area contributed by atoms with Crippen LogP contribution in [0.15, 0.2) is 0 Å². The first-order valence-electron chi connectivity index (χ1n) is 9.34. The van der Waals surface area contributed by atoms with Crippen molar-refractivity contribution < 1.29 is 4.90 Å². The van der Waals surface area contributed by atoms with E-state index in [-0.39, 0.29) is 0 Å². The average Bonchev–Trinajstić information content (AvgIpc) is 2.73. The van der Waals surface area contributed by atoms with Gasteiger partial charge in [-0.15, -0.1) is 0 Å². The third-order valence-corrected chi connectivity index (χ3v) is 6.57. The molecule has 2 fully saturated rings. The Morgan fingerprint density at radius 1 is 1.05 bits per heavy atom. The first-order valence-corrected chi connectivity index (χ1v) is 9.75. The molecule has 2 aliphatic heterocycles. The number of aromatic nitrogens is 3. The molecule has 3 heterocycles. The molecule has 0 bridgehead atoms. The van der Waals surface area contributed by atoms with E-state index < -0.39 is 0 Å². The zero-order valence-electron chi connectivity index (χ0n) is 13.6.